The molecule has 0 heterocycles. The lowest BCUT2D eigenvalue weighted by molar-refractivity contribution is 0.171. The first kappa shape index (κ1) is 14.2. The topological polar surface area (TPSA) is 54.4 Å². The third-order valence-corrected chi connectivity index (χ3v) is 3.55. The summed E-state index contributed by atoms with van der Waals surface area (Å²) >= 11 is 0. The molecule has 1 unspecified atom stereocenters. The molecule has 0 aliphatic rings. The minimum atomic E-state index is -2.99. The molecule has 0 aliphatic heterocycles. The van der Waals surface area contributed by atoms with Crippen LogP contribution in [0.3, 0.4) is 0 Å². The first-order valence-corrected chi connectivity index (χ1v) is 7.75. The van der Waals surface area contributed by atoms with Gasteiger partial charge < -0.3 is 5.11 Å². The van der Waals surface area contributed by atoms with Gasteiger partial charge in [0.25, 0.3) is 0 Å². The molecular formula is C13H20O3S. The molecule has 0 radical (unpaired) electrons. The number of hydrogen-bond donors (Lipinski definition) is 1. The Morgan fingerprint density at radius 2 is 1.71 bits per heavy atom. The minimum absolute atomic E-state index is 0.0406. The van der Waals surface area contributed by atoms with Gasteiger partial charge in [-0.2, -0.15) is 0 Å². The molecule has 4 heteroatoms. The number of aliphatic hydroxyl groups excluding tert-OH is 1. The monoisotopic (exact) mass is 256 g/mol. The zero-order valence-electron chi connectivity index (χ0n) is 10.6. The number of hydrogen-bond acceptors (Lipinski definition) is 3. The molecule has 0 fully saturated rings. The van der Waals surface area contributed by atoms with E-state index in [4.69, 9.17) is 0 Å². The molecule has 3 nitrogen and oxygen atoms in total. The Hall–Kier alpha value is -0.870. The van der Waals surface area contributed by atoms with Crippen molar-refractivity contribution in [3.05, 3.63) is 34.9 Å². The van der Waals surface area contributed by atoms with Crippen LogP contribution in [0.2, 0.25) is 0 Å². The average Bonchev–Trinajstić information content (AvgIpc) is 2.11. The predicted octanol–water partition coefficient (Wildman–Crippen LogP) is 1.64. The summed E-state index contributed by atoms with van der Waals surface area (Å²) in [6.07, 6.45) is 1.41. The maximum Gasteiger partial charge on any atom is 0.147 e. The summed E-state index contributed by atoms with van der Waals surface area (Å²) in [5, 5.41) is 9.78. The van der Waals surface area contributed by atoms with Gasteiger partial charge in [-0.05, 0) is 32.3 Å². The lowest BCUT2D eigenvalue weighted by Gasteiger charge is -2.11. The molecule has 1 atom stereocenters. The average molecular weight is 256 g/mol. The van der Waals surface area contributed by atoms with Crippen molar-refractivity contribution in [2.45, 2.75) is 32.8 Å². The molecule has 1 N–H and O–H groups in total. The molecule has 0 spiro atoms. The maximum atomic E-state index is 11.0. The molecule has 17 heavy (non-hydrogen) atoms. The van der Waals surface area contributed by atoms with Gasteiger partial charge in [-0.15, -0.1) is 0 Å². The zero-order chi connectivity index (χ0) is 13.1. The smallest absolute Gasteiger partial charge is 0.147 e. The molecular weight excluding hydrogens is 236 g/mol. The van der Waals surface area contributed by atoms with E-state index in [2.05, 4.69) is 6.07 Å². The zero-order valence-corrected chi connectivity index (χ0v) is 11.4. The van der Waals surface area contributed by atoms with Crippen molar-refractivity contribution in [3.8, 4) is 0 Å². The molecule has 0 saturated heterocycles. The van der Waals surface area contributed by atoms with Gasteiger partial charge in [0, 0.05) is 6.26 Å². The molecule has 96 valence electrons. The fraction of sp³-hybridized carbons (Fsp3) is 0.538. The standard InChI is InChI=1S/C13H20O3S/c1-10-6-11(2)8-12(7-10)9-13(14)4-5-17(3,15)16/h6-8,13-14H,4-5,9H2,1-3H3. The van der Waals surface area contributed by atoms with Crippen molar-refractivity contribution >= 4 is 9.84 Å². The van der Waals surface area contributed by atoms with Gasteiger partial charge in [-0.1, -0.05) is 29.3 Å². The van der Waals surface area contributed by atoms with E-state index in [-0.39, 0.29) is 5.75 Å². The van der Waals surface area contributed by atoms with E-state index < -0.39 is 15.9 Å². The highest BCUT2D eigenvalue weighted by molar-refractivity contribution is 7.90. The number of benzene rings is 1. The van der Waals surface area contributed by atoms with Crippen LogP contribution < -0.4 is 0 Å². The van der Waals surface area contributed by atoms with Crippen molar-refractivity contribution in [1.82, 2.24) is 0 Å². The number of rotatable bonds is 5. The van der Waals surface area contributed by atoms with E-state index in [0.717, 1.165) is 16.7 Å². The predicted molar refractivity (Wildman–Crippen MR) is 70.0 cm³/mol. The van der Waals surface area contributed by atoms with Gasteiger partial charge in [0.1, 0.15) is 9.84 Å². The second-order valence-corrected chi connectivity index (χ2v) is 7.03. The summed E-state index contributed by atoms with van der Waals surface area (Å²) in [5.74, 6) is 0.0406. The van der Waals surface area contributed by atoms with Crippen molar-refractivity contribution < 1.29 is 13.5 Å². The van der Waals surface area contributed by atoms with E-state index in [1.54, 1.807) is 0 Å². The van der Waals surface area contributed by atoms with Gasteiger partial charge in [0.15, 0.2) is 0 Å². The molecule has 1 aromatic carbocycles. The van der Waals surface area contributed by atoms with E-state index in [9.17, 15) is 13.5 Å². The van der Waals surface area contributed by atoms with Crippen LogP contribution in [0, 0.1) is 13.8 Å². The van der Waals surface area contributed by atoms with Crippen LogP contribution in [-0.4, -0.2) is 31.6 Å². The van der Waals surface area contributed by atoms with Crippen LogP contribution in [0.1, 0.15) is 23.1 Å². The summed E-state index contributed by atoms with van der Waals surface area (Å²) in [6, 6.07) is 6.12. The maximum absolute atomic E-state index is 11.0. The highest BCUT2D eigenvalue weighted by Crippen LogP contribution is 2.12. The van der Waals surface area contributed by atoms with Crippen molar-refractivity contribution in [2.24, 2.45) is 0 Å². The fourth-order valence-corrected chi connectivity index (χ4v) is 2.61. The Labute approximate surface area is 103 Å². The highest BCUT2D eigenvalue weighted by atomic mass is 32.2. The normalized spacial score (nSPS) is 13.6. The van der Waals surface area contributed by atoms with Crippen molar-refractivity contribution in [2.75, 3.05) is 12.0 Å². The van der Waals surface area contributed by atoms with Crippen molar-refractivity contribution in [1.29, 1.82) is 0 Å². The second-order valence-electron chi connectivity index (χ2n) is 4.77. The quantitative estimate of drug-likeness (QED) is 0.871. The highest BCUT2D eigenvalue weighted by Gasteiger charge is 2.10. The summed E-state index contributed by atoms with van der Waals surface area (Å²) < 4.78 is 22.0. The molecule has 0 amide bonds. The Morgan fingerprint density at radius 3 is 2.18 bits per heavy atom. The van der Waals surface area contributed by atoms with Crippen LogP contribution in [0.15, 0.2) is 18.2 Å². The van der Waals surface area contributed by atoms with Crippen LogP contribution >= 0.6 is 0 Å². The van der Waals surface area contributed by atoms with Crippen LogP contribution in [0.5, 0.6) is 0 Å². The molecule has 0 bridgehead atoms. The Bertz CT molecular complexity index is 457. The Balaban J connectivity index is 2.59. The van der Waals surface area contributed by atoms with Crippen LogP contribution in [0.25, 0.3) is 0 Å². The lowest BCUT2D eigenvalue weighted by atomic mass is 10.0. The first-order valence-electron chi connectivity index (χ1n) is 5.69. The summed E-state index contributed by atoms with van der Waals surface area (Å²) in [7, 11) is -2.99. The molecule has 0 aromatic heterocycles. The molecule has 0 saturated carbocycles. The third-order valence-electron chi connectivity index (χ3n) is 2.57. The minimum Gasteiger partial charge on any atom is -0.393 e. The molecule has 1 rings (SSSR count). The molecule has 1 aromatic rings. The second kappa shape index (κ2) is 5.65. The first-order chi connectivity index (χ1) is 7.76. The van der Waals surface area contributed by atoms with Gasteiger partial charge in [-0.3, -0.25) is 0 Å². The van der Waals surface area contributed by atoms with Gasteiger partial charge in [0.05, 0.1) is 11.9 Å². The van der Waals surface area contributed by atoms with Gasteiger partial charge >= 0.3 is 0 Å². The largest absolute Gasteiger partial charge is 0.393 e. The Kier molecular flexibility index (Phi) is 4.71. The Morgan fingerprint density at radius 1 is 1.18 bits per heavy atom. The van der Waals surface area contributed by atoms with Crippen LogP contribution in [-0.2, 0) is 16.3 Å². The third kappa shape index (κ3) is 5.84. The van der Waals surface area contributed by atoms with E-state index in [0.29, 0.717) is 12.8 Å². The van der Waals surface area contributed by atoms with Crippen LogP contribution in [0.4, 0.5) is 0 Å². The fourth-order valence-electron chi connectivity index (χ4n) is 1.91. The number of sulfone groups is 1. The van der Waals surface area contributed by atoms with Gasteiger partial charge in [0.2, 0.25) is 0 Å². The van der Waals surface area contributed by atoms with E-state index >= 15 is 0 Å². The van der Waals surface area contributed by atoms with E-state index in [1.807, 2.05) is 26.0 Å². The number of aliphatic hydroxyl groups is 1. The SMILES string of the molecule is Cc1cc(C)cc(CC(O)CCS(C)(=O)=O)c1. The summed E-state index contributed by atoms with van der Waals surface area (Å²) in [6.45, 7) is 4.03. The molecule has 0 aliphatic carbocycles. The van der Waals surface area contributed by atoms with Crippen molar-refractivity contribution in [3.63, 3.8) is 0 Å². The summed E-state index contributed by atoms with van der Waals surface area (Å²) in [4.78, 5) is 0. The van der Waals surface area contributed by atoms with Gasteiger partial charge in [-0.25, -0.2) is 8.42 Å². The number of aryl methyl sites for hydroxylation is 2. The lowest BCUT2D eigenvalue weighted by Crippen LogP contribution is -2.16. The summed E-state index contributed by atoms with van der Waals surface area (Å²) in [5.41, 5.74) is 3.38. The van der Waals surface area contributed by atoms with E-state index in [1.165, 1.54) is 6.26 Å².